The predicted molar refractivity (Wildman–Crippen MR) is 101 cm³/mol. The number of likely N-dealkylation sites (tertiary alicyclic amines) is 1. The molecule has 28 heavy (non-hydrogen) atoms. The van der Waals surface area contributed by atoms with Gasteiger partial charge in [0.15, 0.2) is 6.29 Å². The number of aliphatic hydroxyl groups is 1. The molecule has 2 saturated heterocycles. The standard InChI is InChI=1S/C21H29NO6/c1-20(2,3)28-19(24)22-11-16(23)17-15(21(22)9-10-21)12-26-18(27-17)13-5-7-14(25-4)8-6-13/h5-8,15-18,23H,9-12H2,1-4H3. The van der Waals surface area contributed by atoms with Crippen molar-refractivity contribution in [2.45, 2.75) is 63.3 Å². The number of piperidine rings is 1. The molecule has 1 amide bonds. The van der Waals surface area contributed by atoms with Crippen molar-refractivity contribution >= 4 is 6.09 Å². The highest BCUT2D eigenvalue weighted by Crippen LogP contribution is 2.55. The number of β-amino-alcohol motifs (C(OH)–C–C–N with tert-alkyl or cyclic N) is 1. The lowest BCUT2D eigenvalue weighted by Gasteiger charge is -2.51. The smallest absolute Gasteiger partial charge is 0.410 e. The number of hydrogen-bond donors (Lipinski definition) is 1. The highest BCUT2D eigenvalue weighted by Gasteiger charge is 2.64. The van der Waals surface area contributed by atoms with Gasteiger partial charge >= 0.3 is 6.09 Å². The number of methoxy groups -OCH3 is 1. The average Bonchev–Trinajstić information content (AvgIpc) is 3.44. The highest BCUT2D eigenvalue weighted by atomic mass is 16.7. The lowest BCUT2D eigenvalue weighted by Crippen LogP contribution is -2.65. The molecule has 3 aliphatic rings. The normalized spacial score (nSPS) is 31.2. The maximum absolute atomic E-state index is 12.7. The van der Waals surface area contributed by atoms with Gasteiger partial charge in [0, 0.05) is 11.5 Å². The number of nitrogens with zero attached hydrogens (tertiary/aromatic N) is 1. The van der Waals surface area contributed by atoms with Gasteiger partial charge in [-0.1, -0.05) is 12.1 Å². The Morgan fingerprint density at radius 3 is 2.50 bits per heavy atom. The third kappa shape index (κ3) is 3.47. The molecule has 4 atom stereocenters. The summed E-state index contributed by atoms with van der Waals surface area (Å²) in [5, 5.41) is 10.8. The molecular weight excluding hydrogens is 362 g/mol. The molecular formula is C21H29NO6. The fourth-order valence-corrected chi connectivity index (χ4v) is 4.33. The van der Waals surface area contributed by atoms with Crippen LogP contribution in [-0.2, 0) is 14.2 Å². The van der Waals surface area contributed by atoms with Crippen LogP contribution in [0.25, 0.3) is 0 Å². The van der Waals surface area contributed by atoms with Crippen LogP contribution in [0.3, 0.4) is 0 Å². The summed E-state index contributed by atoms with van der Waals surface area (Å²) in [6, 6.07) is 7.52. The Morgan fingerprint density at radius 2 is 1.93 bits per heavy atom. The first-order valence-corrected chi connectivity index (χ1v) is 9.83. The molecule has 4 rings (SSSR count). The summed E-state index contributed by atoms with van der Waals surface area (Å²) in [6.07, 6.45) is -0.319. The van der Waals surface area contributed by atoms with E-state index in [0.717, 1.165) is 24.2 Å². The number of ether oxygens (including phenoxy) is 4. The van der Waals surface area contributed by atoms with E-state index in [-0.39, 0.29) is 30.2 Å². The molecule has 1 aromatic rings. The third-order valence-electron chi connectivity index (χ3n) is 5.85. The predicted octanol–water partition coefficient (Wildman–Crippen LogP) is 2.87. The fraction of sp³-hybridized carbons (Fsp3) is 0.667. The Hall–Kier alpha value is -1.83. The van der Waals surface area contributed by atoms with E-state index in [1.54, 1.807) is 12.0 Å². The van der Waals surface area contributed by atoms with Crippen LogP contribution in [0.4, 0.5) is 4.79 Å². The molecule has 0 bridgehead atoms. The molecule has 0 radical (unpaired) electrons. The Morgan fingerprint density at radius 1 is 1.25 bits per heavy atom. The molecule has 1 aromatic carbocycles. The second-order valence-electron chi connectivity index (χ2n) is 8.91. The number of amides is 1. The van der Waals surface area contributed by atoms with Gasteiger partial charge < -0.3 is 24.1 Å². The van der Waals surface area contributed by atoms with Crippen LogP contribution in [0.1, 0.15) is 45.5 Å². The Balaban J connectivity index is 1.50. The molecule has 4 unspecified atom stereocenters. The summed E-state index contributed by atoms with van der Waals surface area (Å²) in [5.74, 6) is 0.693. The van der Waals surface area contributed by atoms with Crippen LogP contribution in [0, 0.1) is 5.92 Å². The zero-order chi connectivity index (χ0) is 20.1. The number of carbonyl (C=O) groups excluding carboxylic acids is 1. The molecule has 3 fully saturated rings. The maximum atomic E-state index is 12.7. The summed E-state index contributed by atoms with van der Waals surface area (Å²) in [6.45, 7) is 6.18. The molecule has 1 aliphatic carbocycles. The van der Waals surface area contributed by atoms with Crippen LogP contribution in [-0.4, -0.2) is 59.7 Å². The topological polar surface area (TPSA) is 77.5 Å². The van der Waals surface area contributed by atoms with Crippen LogP contribution in [0.2, 0.25) is 0 Å². The monoisotopic (exact) mass is 391 g/mol. The van der Waals surface area contributed by atoms with Crippen molar-refractivity contribution in [3.8, 4) is 5.75 Å². The van der Waals surface area contributed by atoms with Crippen molar-refractivity contribution in [2.75, 3.05) is 20.3 Å². The molecule has 0 aromatic heterocycles. The van der Waals surface area contributed by atoms with Gasteiger partial charge in [0.25, 0.3) is 0 Å². The van der Waals surface area contributed by atoms with Gasteiger partial charge in [0.2, 0.25) is 0 Å². The number of benzene rings is 1. The van der Waals surface area contributed by atoms with Gasteiger partial charge in [0.1, 0.15) is 11.4 Å². The fourth-order valence-electron chi connectivity index (χ4n) is 4.33. The number of hydrogen-bond acceptors (Lipinski definition) is 6. The van der Waals surface area contributed by atoms with Crippen molar-refractivity contribution in [2.24, 2.45) is 5.92 Å². The van der Waals surface area contributed by atoms with E-state index in [1.165, 1.54) is 0 Å². The van der Waals surface area contributed by atoms with Crippen LogP contribution < -0.4 is 4.74 Å². The van der Waals surface area contributed by atoms with Crippen LogP contribution in [0.5, 0.6) is 5.75 Å². The zero-order valence-electron chi connectivity index (χ0n) is 16.9. The quantitative estimate of drug-likeness (QED) is 0.835. The molecule has 2 aliphatic heterocycles. The van der Waals surface area contributed by atoms with Gasteiger partial charge in [-0.3, -0.25) is 4.90 Å². The summed E-state index contributed by atoms with van der Waals surface area (Å²) in [5.41, 5.74) is -0.0312. The maximum Gasteiger partial charge on any atom is 0.410 e. The van der Waals surface area contributed by atoms with Crippen molar-refractivity contribution in [1.82, 2.24) is 4.90 Å². The van der Waals surface area contributed by atoms with Crippen LogP contribution >= 0.6 is 0 Å². The van der Waals surface area contributed by atoms with Crippen molar-refractivity contribution in [1.29, 1.82) is 0 Å². The second kappa shape index (κ2) is 6.90. The first-order chi connectivity index (χ1) is 13.2. The number of carbonyl (C=O) groups is 1. The summed E-state index contributed by atoms with van der Waals surface area (Å²) in [4.78, 5) is 14.4. The number of aliphatic hydroxyl groups excluding tert-OH is 1. The molecule has 154 valence electrons. The lowest BCUT2D eigenvalue weighted by molar-refractivity contribution is -0.285. The molecule has 1 saturated carbocycles. The van der Waals surface area contributed by atoms with E-state index < -0.39 is 18.0 Å². The molecule has 2 heterocycles. The zero-order valence-corrected chi connectivity index (χ0v) is 16.9. The van der Waals surface area contributed by atoms with Gasteiger partial charge in [-0.2, -0.15) is 0 Å². The van der Waals surface area contributed by atoms with Gasteiger partial charge in [0.05, 0.1) is 38.0 Å². The molecule has 1 N–H and O–H groups in total. The Bertz CT molecular complexity index is 723. The number of fused-ring (bicyclic) bond motifs is 2. The lowest BCUT2D eigenvalue weighted by atomic mass is 9.82. The summed E-state index contributed by atoms with van der Waals surface area (Å²) < 4.78 is 23.0. The van der Waals surface area contributed by atoms with E-state index in [9.17, 15) is 9.90 Å². The first-order valence-electron chi connectivity index (χ1n) is 9.83. The largest absolute Gasteiger partial charge is 0.497 e. The minimum Gasteiger partial charge on any atom is -0.497 e. The van der Waals surface area contributed by atoms with Gasteiger partial charge in [-0.05, 0) is 45.7 Å². The summed E-state index contributed by atoms with van der Waals surface area (Å²) in [7, 11) is 1.62. The molecule has 7 nitrogen and oxygen atoms in total. The van der Waals surface area contributed by atoms with Gasteiger partial charge in [-0.25, -0.2) is 4.79 Å². The minimum atomic E-state index is -0.784. The van der Waals surface area contributed by atoms with E-state index in [2.05, 4.69) is 0 Å². The van der Waals surface area contributed by atoms with Crippen molar-refractivity contribution in [3.05, 3.63) is 29.8 Å². The van der Waals surface area contributed by atoms with E-state index >= 15 is 0 Å². The minimum absolute atomic E-state index is 0.0710. The second-order valence-corrected chi connectivity index (χ2v) is 8.91. The first kappa shape index (κ1) is 19.5. The average molecular weight is 391 g/mol. The van der Waals surface area contributed by atoms with E-state index in [0.29, 0.717) is 6.61 Å². The summed E-state index contributed by atoms with van der Waals surface area (Å²) >= 11 is 0. The number of rotatable bonds is 2. The van der Waals surface area contributed by atoms with Crippen molar-refractivity contribution < 1.29 is 28.8 Å². The van der Waals surface area contributed by atoms with Gasteiger partial charge in [-0.15, -0.1) is 0 Å². The molecule has 1 spiro atoms. The Labute approximate surface area is 165 Å². The third-order valence-corrected chi connectivity index (χ3v) is 5.85. The van der Waals surface area contributed by atoms with E-state index in [1.807, 2.05) is 45.0 Å². The van der Waals surface area contributed by atoms with E-state index in [4.69, 9.17) is 18.9 Å². The van der Waals surface area contributed by atoms with Crippen LogP contribution in [0.15, 0.2) is 24.3 Å². The van der Waals surface area contributed by atoms with Crippen molar-refractivity contribution in [3.63, 3.8) is 0 Å². The SMILES string of the molecule is COc1ccc(C2OCC3C(O2)C(O)CN(C(=O)OC(C)(C)C)C32CC2)cc1. The highest BCUT2D eigenvalue weighted by molar-refractivity contribution is 5.70. The Kier molecular flexibility index (Phi) is 4.80. The molecule has 7 heteroatoms.